The number of hydrogen-bond acceptors (Lipinski definition) is 2. The van der Waals surface area contributed by atoms with Crippen molar-refractivity contribution in [2.75, 3.05) is 11.4 Å². The second-order valence-electron chi connectivity index (χ2n) is 4.07. The van der Waals surface area contributed by atoms with E-state index in [1.165, 1.54) is 0 Å². The Balaban J connectivity index is 2.26. The average molecular weight is 201 g/mol. The molecule has 0 aliphatic carbocycles. The number of aryl methyl sites for hydroxylation is 1. The lowest BCUT2D eigenvalue weighted by Crippen LogP contribution is -2.29. The van der Waals surface area contributed by atoms with Gasteiger partial charge in [0.2, 0.25) is 5.91 Å². The first-order valence-corrected chi connectivity index (χ1v) is 5.23. The standard InChI is InChI=1S/C12H11NO2/c14-10-7-13-11(15)6-2-4-8-3-1-5-9(10)12(8)13/h1,3,5H,2,4,6-7H2. The summed E-state index contributed by atoms with van der Waals surface area (Å²) in [6.07, 6.45) is 2.35. The molecule has 3 nitrogen and oxygen atoms in total. The van der Waals surface area contributed by atoms with Gasteiger partial charge in [-0.15, -0.1) is 0 Å². The Labute approximate surface area is 87.7 Å². The van der Waals surface area contributed by atoms with E-state index in [4.69, 9.17) is 0 Å². The first kappa shape index (κ1) is 8.65. The smallest absolute Gasteiger partial charge is 0.227 e. The molecular formula is C12H11NO2. The van der Waals surface area contributed by atoms with Crippen molar-refractivity contribution in [1.82, 2.24) is 0 Å². The number of amides is 1. The molecule has 2 aliphatic rings. The summed E-state index contributed by atoms with van der Waals surface area (Å²) in [5.41, 5.74) is 2.75. The minimum absolute atomic E-state index is 0.0714. The Morgan fingerprint density at radius 1 is 1.13 bits per heavy atom. The number of benzene rings is 1. The molecule has 0 unspecified atom stereocenters. The summed E-state index contributed by atoms with van der Waals surface area (Å²) in [6.45, 7) is 0.241. The van der Waals surface area contributed by atoms with Crippen molar-refractivity contribution in [2.24, 2.45) is 0 Å². The van der Waals surface area contributed by atoms with Crippen LogP contribution in [0.4, 0.5) is 5.69 Å². The fourth-order valence-corrected chi connectivity index (χ4v) is 2.42. The van der Waals surface area contributed by atoms with E-state index < -0.39 is 0 Å². The van der Waals surface area contributed by atoms with E-state index in [1.807, 2.05) is 18.2 Å². The topological polar surface area (TPSA) is 37.4 Å². The molecule has 0 radical (unpaired) electrons. The van der Waals surface area contributed by atoms with Crippen LogP contribution in [-0.2, 0) is 11.2 Å². The van der Waals surface area contributed by atoms with Crippen molar-refractivity contribution in [3.8, 4) is 0 Å². The maximum Gasteiger partial charge on any atom is 0.227 e. The van der Waals surface area contributed by atoms with Gasteiger partial charge in [0.15, 0.2) is 5.78 Å². The van der Waals surface area contributed by atoms with E-state index >= 15 is 0 Å². The molecule has 1 aromatic rings. The fourth-order valence-electron chi connectivity index (χ4n) is 2.42. The van der Waals surface area contributed by atoms with Crippen LogP contribution in [-0.4, -0.2) is 18.2 Å². The summed E-state index contributed by atoms with van der Waals surface area (Å²) in [5, 5.41) is 0. The van der Waals surface area contributed by atoms with Crippen LogP contribution in [0.5, 0.6) is 0 Å². The fraction of sp³-hybridized carbons (Fsp3) is 0.333. The molecule has 15 heavy (non-hydrogen) atoms. The van der Waals surface area contributed by atoms with Crippen LogP contribution in [0.3, 0.4) is 0 Å². The SMILES string of the molecule is O=C1CN2C(=O)CCCc3cccc1c32. The molecule has 0 fully saturated rings. The minimum atomic E-state index is 0.0714. The van der Waals surface area contributed by atoms with Crippen molar-refractivity contribution in [1.29, 1.82) is 0 Å². The van der Waals surface area contributed by atoms with E-state index in [1.54, 1.807) is 4.90 Å². The number of rotatable bonds is 0. The zero-order chi connectivity index (χ0) is 10.4. The molecule has 76 valence electrons. The van der Waals surface area contributed by atoms with Crippen LogP contribution in [0.2, 0.25) is 0 Å². The zero-order valence-electron chi connectivity index (χ0n) is 8.32. The normalized spacial score (nSPS) is 19.1. The van der Waals surface area contributed by atoms with Crippen LogP contribution < -0.4 is 4.90 Å². The average Bonchev–Trinajstić information content (AvgIpc) is 2.48. The van der Waals surface area contributed by atoms with Gasteiger partial charge in [-0.25, -0.2) is 0 Å². The Morgan fingerprint density at radius 3 is 2.87 bits per heavy atom. The third-order valence-corrected chi connectivity index (χ3v) is 3.13. The van der Waals surface area contributed by atoms with Crippen molar-refractivity contribution in [2.45, 2.75) is 19.3 Å². The van der Waals surface area contributed by atoms with Crippen LogP contribution >= 0.6 is 0 Å². The van der Waals surface area contributed by atoms with E-state index in [0.717, 1.165) is 29.7 Å². The summed E-state index contributed by atoms with van der Waals surface area (Å²) >= 11 is 0. The summed E-state index contributed by atoms with van der Waals surface area (Å²) in [4.78, 5) is 25.1. The molecule has 1 aromatic carbocycles. The molecule has 3 heteroatoms. The van der Waals surface area contributed by atoms with E-state index in [2.05, 4.69) is 0 Å². The Hall–Kier alpha value is -1.64. The predicted octanol–water partition coefficient (Wildman–Crippen LogP) is 1.55. The Morgan fingerprint density at radius 2 is 2.00 bits per heavy atom. The number of carbonyl (C=O) groups excluding carboxylic acids is 2. The van der Waals surface area contributed by atoms with Gasteiger partial charge in [0, 0.05) is 12.0 Å². The highest BCUT2D eigenvalue weighted by molar-refractivity contribution is 6.16. The highest BCUT2D eigenvalue weighted by atomic mass is 16.2. The summed E-state index contributed by atoms with van der Waals surface area (Å²) in [5.74, 6) is 0.161. The summed E-state index contributed by atoms with van der Waals surface area (Å²) in [7, 11) is 0. The van der Waals surface area contributed by atoms with Gasteiger partial charge in [0.05, 0.1) is 12.2 Å². The number of Topliss-reactive ketones (excluding diaryl/α,β-unsaturated/α-hetero) is 1. The lowest BCUT2D eigenvalue weighted by Gasteiger charge is -2.15. The van der Waals surface area contributed by atoms with Gasteiger partial charge in [-0.2, -0.15) is 0 Å². The minimum Gasteiger partial charge on any atom is -0.304 e. The van der Waals surface area contributed by atoms with Gasteiger partial charge in [-0.1, -0.05) is 12.1 Å². The number of hydrogen-bond donors (Lipinski definition) is 0. The zero-order valence-corrected chi connectivity index (χ0v) is 8.32. The highest BCUT2D eigenvalue weighted by Crippen LogP contribution is 2.35. The van der Waals surface area contributed by atoms with Gasteiger partial charge in [0.1, 0.15) is 0 Å². The molecule has 0 N–H and O–H groups in total. The van der Waals surface area contributed by atoms with Crippen LogP contribution in [0.15, 0.2) is 18.2 Å². The van der Waals surface area contributed by atoms with Gasteiger partial charge in [-0.05, 0) is 24.5 Å². The predicted molar refractivity (Wildman–Crippen MR) is 56.1 cm³/mol. The first-order valence-electron chi connectivity index (χ1n) is 5.23. The van der Waals surface area contributed by atoms with E-state index in [9.17, 15) is 9.59 Å². The van der Waals surface area contributed by atoms with Gasteiger partial charge < -0.3 is 4.90 Å². The Bertz CT molecular complexity index is 465. The third-order valence-electron chi connectivity index (χ3n) is 3.13. The molecule has 0 saturated heterocycles. The first-order chi connectivity index (χ1) is 7.27. The highest BCUT2D eigenvalue weighted by Gasteiger charge is 2.33. The van der Waals surface area contributed by atoms with Crippen LogP contribution in [0.1, 0.15) is 28.8 Å². The van der Waals surface area contributed by atoms with Crippen LogP contribution in [0.25, 0.3) is 0 Å². The lowest BCUT2D eigenvalue weighted by molar-refractivity contribution is -0.118. The van der Waals surface area contributed by atoms with Crippen molar-refractivity contribution in [3.05, 3.63) is 29.3 Å². The van der Waals surface area contributed by atoms with Crippen LogP contribution in [0, 0.1) is 0 Å². The van der Waals surface area contributed by atoms with Crippen molar-refractivity contribution < 1.29 is 9.59 Å². The number of para-hydroxylation sites is 1. The summed E-state index contributed by atoms with van der Waals surface area (Å²) < 4.78 is 0. The van der Waals surface area contributed by atoms with Gasteiger partial charge >= 0.3 is 0 Å². The largest absolute Gasteiger partial charge is 0.304 e. The van der Waals surface area contributed by atoms with Gasteiger partial charge in [0.25, 0.3) is 0 Å². The molecule has 1 amide bonds. The molecule has 0 bridgehead atoms. The number of carbonyl (C=O) groups is 2. The van der Waals surface area contributed by atoms with Gasteiger partial charge in [-0.3, -0.25) is 9.59 Å². The molecule has 0 spiro atoms. The van der Waals surface area contributed by atoms with Crippen molar-refractivity contribution >= 4 is 17.4 Å². The summed E-state index contributed by atoms with van der Waals surface area (Å²) in [6, 6.07) is 5.74. The lowest BCUT2D eigenvalue weighted by atomic mass is 10.0. The maximum atomic E-state index is 11.8. The molecule has 0 atom stereocenters. The quantitative estimate of drug-likeness (QED) is 0.638. The molecule has 3 rings (SSSR count). The van der Waals surface area contributed by atoms with E-state index in [0.29, 0.717) is 6.42 Å². The van der Waals surface area contributed by atoms with Crippen molar-refractivity contribution in [3.63, 3.8) is 0 Å². The van der Waals surface area contributed by atoms with E-state index in [-0.39, 0.29) is 18.2 Å². The third kappa shape index (κ3) is 1.12. The second-order valence-corrected chi connectivity index (χ2v) is 4.07. The molecule has 0 saturated carbocycles. The molecular weight excluding hydrogens is 190 g/mol. The number of anilines is 1. The monoisotopic (exact) mass is 201 g/mol. The molecule has 2 heterocycles. The molecule has 2 aliphatic heterocycles. The maximum absolute atomic E-state index is 11.8. The number of ketones is 1. The Kier molecular flexibility index (Phi) is 1.69. The molecule has 0 aromatic heterocycles. The second kappa shape index (κ2) is 2.92. The number of nitrogens with zero attached hydrogens (tertiary/aromatic N) is 1.